The van der Waals surface area contributed by atoms with E-state index in [9.17, 15) is 8.78 Å². The Morgan fingerprint density at radius 3 is 2.20 bits per heavy atom. The van der Waals surface area contributed by atoms with Gasteiger partial charge in [-0.2, -0.15) is 9.13 Å². The standard InChI is InChI=1S/C36H46F2N4S2/c1-5-41-21-19-29(27-35(41)37)15-17-31-11-7-9-13-33(31)39(3)23-25-43-44-26-24-40(4)34-14-10-8-12-32(34)18-16-30-20-22-42(6-2)36(38)28-30/h7,9-11,13-14,16,18-22,27-28H,5-6,8,12,15,17,23-26H2,1-4H3/q+2. The van der Waals surface area contributed by atoms with E-state index in [2.05, 4.69) is 66.4 Å². The maximum absolute atomic E-state index is 14.2. The molecule has 1 aliphatic carbocycles. The van der Waals surface area contributed by atoms with Crippen molar-refractivity contribution in [1.29, 1.82) is 0 Å². The Hall–Kier alpha value is -3.10. The number of allylic oxidation sites excluding steroid dienone is 4. The van der Waals surface area contributed by atoms with Crippen molar-refractivity contribution in [3.05, 3.63) is 119 Å². The van der Waals surface area contributed by atoms with Crippen molar-refractivity contribution >= 4 is 33.4 Å². The predicted octanol–water partition coefficient (Wildman–Crippen LogP) is 7.43. The average Bonchev–Trinajstić information content (AvgIpc) is 3.04. The highest BCUT2D eigenvalue weighted by Gasteiger charge is 2.13. The van der Waals surface area contributed by atoms with E-state index in [0.717, 1.165) is 61.4 Å². The van der Waals surface area contributed by atoms with Crippen LogP contribution in [0.25, 0.3) is 6.08 Å². The van der Waals surface area contributed by atoms with Gasteiger partial charge in [0, 0.05) is 74.3 Å². The van der Waals surface area contributed by atoms with Gasteiger partial charge in [-0.25, -0.2) is 0 Å². The number of anilines is 1. The fourth-order valence-electron chi connectivity index (χ4n) is 5.32. The Labute approximate surface area is 270 Å². The summed E-state index contributed by atoms with van der Waals surface area (Å²) in [5, 5.41) is 0. The maximum Gasteiger partial charge on any atom is 0.360 e. The zero-order valence-electron chi connectivity index (χ0n) is 26.5. The summed E-state index contributed by atoms with van der Waals surface area (Å²) in [6, 6.07) is 15.8. The molecule has 0 spiro atoms. The molecule has 1 aromatic carbocycles. The largest absolute Gasteiger partial charge is 0.374 e. The number of pyridine rings is 2. The van der Waals surface area contributed by atoms with Gasteiger partial charge >= 0.3 is 11.9 Å². The fourth-order valence-corrected chi connectivity index (χ4v) is 7.40. The minimum Gasteiger partial charge on any atom is -0.374 e. The van der Waals surface area contributed by atoms with Crippen molar-refractivity contribution in [2.45, 2.75) is 52.6 Å². The van der Waals surface area contributed by atoms with Gasteiger partial charge in [-0.1, -0.05) is 58.0 Å². The number of aryl methyl sites for hydroxylation is 4. The van der Waals surface area contributed by atoms with Crippen molar-refractivity contribution in [3.8, 4) is 0 Å². The lowest BCUT2D eigenvalue weighted by Gasteiger charge is -2.25. The monoisotopic (exact) mass is 636 g/mol. The van der Waals surface area contributed by atoms with Gasteiger partial charge in [-0.05, 0) is 73.9 Å². The molecule has 0 saturated carbocycles. The van der Waals surface area contributed by atoms with Crippen LogP contribution >= 0.6 is 21.6 Å². The van der Waals surface area contributed by atoms with E-state index in [0.29, 0.717) is 13.1 Å². The molecular weight excluding hydrogens is 591 g/mol. The smallest absolute Gasteiger partial charge is 0.360 e. The minimum atomic E-state index is -0.208. The van der Waals surface area contributed by atoms with Crippen LogP contribution in [0.15, 0.2) is 90.4 Å². The topological polar surface area (TPSA) is 14.2 Å². The van der Waals surface area contributed by atoms with E-state index in [-0.39, 0.29) is 11.9 Å². The summed E-state index contributed by atoms with van der Waals surface area (Å²) in [4.78, 5) is 4.67. The third-order valence-corrected chi connectivity index (χ3v) is 10.4. The number of hydrogen-bond donors (Lipinski definition) is 0. The van der Waals surface area contributed by atoms with Crippen LogP contribution < -0.4 is 14.0 Å². The van der Waals surface area contributed by atoms with E-state index in [1.165, 1.54) is 22.5 Å². The molecule has 0 N–H and O–H groups in total. The third kappa shape index (κ3) is 9.70. The molecule has 0 aliphatic heterocycles. The van der Waals surface area contributed by atoms with Crippen molar-refractivity contribution in [1.82, 2.24) is 4.90 Å². The summed E-state index contributed by atoms with van der Waals surface area (Å²) in [6.07, 6.45) is 16.0. The van der Waals surface area contributed by atoms with Gasteiger partial charge in [0.2, 0.25) is 0 Å². The lowest BCUT2D eigenvalue weighted by molar-refractivity contribution is -0.721. The molecule has 1 aliphatic rings. The van der Waals surface area contributed by atoms with E-state index in [1.807, 2.05) is 59.8 Å². The highest BCUT2D eigenvalue weighted by molar-refractivity contribution is 8.76. The number of para-hydroxylation sites is 1. The first kappa shape index (κ1) is 33.8. The van der Waals surface area contributed by atoms with Crippen LogP contribution in [0.4, 0.5) is 14.5 Å². The van der Waals surface area contributed by atoms with Crippen LogP contribution in [0.5, 0.6) is 0 Å². The average molecular weight is 637 g/mol. The Morgan fingerprint density at radius 2 is 1.50 bits per heavy atom. The first-order chi connectivity index (χ1) is 21.4. The molecule has 4 nitrogen and oxygen atoms in total. The molecule has 4 rings (SSSR count). The molecule has 3 aromatic rings. The molecule has 2 heterocycles. The summed E-state index contributed by atoms with van der Waals surface area (Å²) < 4.78 is 31.6. The quantitative estimate of drug-likeness (QED) is 0.0703. The second kappa shape index (κ2) is 17.4. The third-order valence-electron chi connectivity index (χ3n) is 8.00. The molecular formula is C36H46F2N4S2+2. The molecule has 8 heteroatoms. The molecule has 2 aromatic heterocycles. The minimum absolute atomic E-state index is 0.175. The van der Waals surface area contributed by atoms with Crippen LogP contribution in [-0.4, -0.2) is 43.6 Å². The first-order valence-electron chi connectivity index (χ1n) is 15.6. The number of likely N-dealkylation sites (N-methyl/N-ethyl adjacent to an activating group) is 1. The molecule has 0 unspecified atom stereocenters. The Kier molecular flexibility index (Phi) is 13.4. The number of benzene rings is 1. The van der Waals surface area contributed by atoms with Crippen LogP contribution in [0, 0.1) is 11.9 Å². The van der Waals surface area contributed by atoms with Gasteiger partial charge in [0.1, 0.15) is 13.1 Å². The van der Waals surface area contributed by atoms with E-state index in [4.69, 9.17) is 0 Å². The highest BCUT2D eigenvalue weighted by atomic mass is 33.1. The van der Waals surface area contributed by atoms with Gasteiger partial charge in [-0.3, -0.25) is 0 Å². The number of halogens is 2. The molecule has 234 valence electrons. The normalized spacial score (nSPS) is 13.2. The Bertz CT molecular complexity index is 1470. The zero-order chi connectivity index (χ0) is 31.3. The second-order valence-corrected chi connectivity index (χ2v) is 13.7. The van der Waals surface area contributed by atoms with Crippen LogP contribution in [-0.2, 0) is 25.9 Å². The number of hydrogen-bond acceptors (Lipinski definition) is 4. The summed E-state index contributed by atoms with van der Waals surface area (Å²) in [5.41, 5.74) is 6.99. The lowest BCUT2D eigenvalue weighted by atomic mass is 10.00. The summed E-state index contributed by atoms with van der Waals surface area (Å²) in [6.45, 7) is 7.07. The van der Waals surface area contributed by atoms with Crippen molar-refractivity contribution in [2.75, 3.05) is 43.6 Å². The van der Waals surface area contributed by atoms with E-state index < -0.39 is 0 Å². The molecule has 0 bridgehead atoms. The van der Waals surface area contributed by atoms with Crippen molar-refractivity contribution < 1.29 is 17.9 Å². The van der Waals surface area contributed by atoms with E-state index >= 15 is 0 Å². The molecule has 44 heavy (non-hydrogen) atoms. The summed E-state index contributed by atoms with van der Waals surface area (Å²) in [7, 11) is 8.15. The van der Waals surface area contributed by atoms with Gasteiger partial charge in [-0.15, -0.1) is 8.78 Å². The van der Waals surface area contributed by atoms with Crippen LogP contribution in [0.1, 0.15) is 43.4 Å². The summed E-state index contributed by atoms with van der Waals surface area (Å²) >= 11 is 0. The molecule has 0 fully saturated rings. The lowest BCUT2D eigenvalue weighted by Crippen LogP contribution is -2.36. The molecule has 0 radical (unpaired) electrons. The Balaban J connectivity index is 1.22. The maximum atomic E-state index is 14.2. The second-order valence-electron chi connectivity index (χ2n) is 11.0. The highest BCUT2D eigenvalue weighted by Crippen LogP contribution is 2.27. The zero-order valence-corrected chi connectivity index (χ0v) is 28.1. The molecule has 0 amide bonds. The molecule has 0 saturated heterocycles. The Morgan fingerprint density at radius 1 is 0.818 bits per heavy atom. The fraction of sp³-hybridized carbons (Fsp3) is 0.389. The van der Waals surface area contributed by atoms with Crippen LogP contribution in [0.2, 0.25) is 0 Å². The molecule has 0 atom stereocenters. The van der Waals surface area contributed by atoms with Crippen molar-refractivity contribution in [2.24, 2.45) is 0 Å². The number of rotatable bonds is 16. The van der Waals surface area contributed by atoms with Crippen molar-refractivity contribution in [3.63, 3.8) is 0 Å². The SMILES string of the molecule is CC[n+]1ccc(/C=C/C2=C(N(C)CCSSCCN(C)c3ccccc3CCc3cc[n+](CC)c(F)c3)C=CCC2)cc1F. The van der Waals surface area contributed by atoms with Gasteiger partial charge in [0.25, 0.3) is 0 Å². The number of aromatic nitrogens is 2. The van der Waals surface area contributed by atoms with Gasteiger partial charge < -0.3 is 9.80 Å². The number of nitrogens with zero attached hydrogens (tertiary/aromatic N) is 4. The van der Waals surface area contributed by atoms with Gasteiger partial charge in [0.15, 0.2) is 12.4 Å². The predicted molar refractivity (Wildman–Crippen MR) is 184 cm³/mol. The van der Waals surface area contributed by atoms with E-state index in [1.54, 1.807) is 27.5 Å². The summed E-state index contributed by atoms with van der Waals surface area (Å²) in [5.74, 6) is 1.68. The van der Waals surface area contributed by atoms with Crippen LogP contribution in [0.3, 0.4) is 0 Å². The van der Waals surface area contributed by atoms with Gasteiger partial charge in [0.05, 0.1) is 0 Å². The first-order valence-corrected chi connectivity index (χ1v) is 18.1.